The lowest BCUT2D eigenvalue weighted by molar-refractivity contribution is 0.0998. The highest BCUT2D eigenvalue weighted by atomic mass is 32.2. The van der Waals surface area contributed by atoms with Crippen molar-refractivity contribution in [3.8, 4) is 5.75 Å². The minimum absolute atomic E-state index is 0.0116. The number of nitrogens with zero attached hydrogens (tertiary/aromatic N) is 2. The van der Waals surface area contributed by atoms with E-state index in [1.54, 1.807) is 13.0 Å². The molecule has 1 aromatic heterocycles. The van der Waals surface area contributed by atoms with Crippen molar-refractivity contribution < 1.29 is 17.9 Å². The highest BCUT2D eigenvalue weighted by Gasteiger charge is 2.13. The van der Waals surface area contributed by atoms with Gasteiger partial charge in [-0.2, -0.15) is 4.99 Å². The molecular formula is C21H22N2O4S2. The van der Waals surface area contributed by atoms with Crippen LogP contribution in [0.2, 0.25) is 0 Å². The molecule has 0 aliphatic heterocycles. The fourth-order valence-electron chi connectivity index (χ4n) is 2.82. The first-order valence-corrected chi connectivity index (χ1v) is 11.7. The summed E-state index contributed by atoms with van der Waals surface area (Å²) in [6.45, 7) is 8.37. The van der Waals surface area contributed by atoms with Crippen molar-refractivity contribution in [3.63, 3.8) is 0 Å². The Morgan fingerprint density at radius 3 is 2.55 bits per heavy atom. The number of thiazole rings is 1. The van der Waals surface area contributed by atoms with Crippen molar-refractivity contribution in [2.24, 2.45) is 4.99 Å². The second-order valence-corrected chi connectivity index (χ2v) is 9.48. The zero-order chi connectivity index (χ0) is 21.0. The lowest BCUT2D eigenvalue weighted by Crippen LogP contribution is -2.16. The summed E-state index contributed by atoms with van der Waals surface area (Å²) in [5.41, 5.74) is 1.27. The number of rotatable bonds is 7. The highest BCUT2D eigenvalue weighted by molar-refractivity contribution is 7.91. The number of carbonyl (C=O) groups excluding carboxylic acids is 1. The molecule has 0 saturated carbocycles. The van der Waals surface area contributed by atoms with Gasteiger partial charge in [-0.1, -0.05) is 24.3 Å². The molecule has 0 N–H and O–H groups in total. The normalized spacial score (nSPS) is 12.3. The summed E-state index contributed by atoms with van der Waals surface area (Å²) in [4.78, 5) is 17.7. The van der Waals surface area contributed by atoms with E-state index in [-0.39, 0.29) is 10.6 Å². The van der Waals surface area contributed by atoms with Crippen molar-refractivity contribution in [2.45, 2.75) is 25.3 Å². The van der Waals surface area contributed by atoms with Gasteiger partial charge in [-0.15, -0.1) is 6.58 Å². The first-order valence-electron chi connectivity index (χ1n) is 9.18. The van der Waals surface area contributed by atoms with Crippen molar-refractivity contribution in [2.75, 3.05) is 12.4 Å². The van der Waals surface area contributed by atoms with Crippen LogP contribution >= 0.6 is 11.3 Å². The smallest absolute Gasteiger partial charge is 0.279 e. The zero-order valence-corrected chi connectivity index (χ0v) is 17.9. The molecule has 0 aliphatic carbocycles. The van der Waals surface area contributed by atoms with Crippen molar-refractivity contribution in [1.82, 2.24) is 4.57 Å². The molecule has 0 atom stereocenters. The molecule has 1 amide bonds. The number of aromatic nitrogens is 1. The van der Waals surface area contributed by atoms with Crippen LogP contribution in [0.3, 0.4) is 0 Å². The standard InChI is InChI=1S/C21H22N2O4S2/c1-4-13-23-18-12-9-16(27-5-2)14-19(18)28-21(23)22-20(24)15-7-10-17(11-8-15)29(25,26)6-3/h4,7-12,14H,1,5-6,13H2,2-3H3. The molecule has 1 heterocycles. The van der Waals surface area contributed by atoms with E-state index in [0.717, 1.165) is 16.0 Å². The molecule has 3 rings (SSSR count). The second kappa shape index (κ2) is 8.75. The van der Waals surface area contributed by atoms with Crippen LogP contribution in [-0.2, 0) is 16.4 Å². The number of hydrogen-bond donors (Lipinski definition) is 0. The van der Waals surface area contributed by atoms with Crippen molar-refractivity contribution in [3.05, 3.63) is 65.5 Å². The van der Waals surface area contributed by atoms with Crippen LogP contribution < -0.4 is 9.54 Å². The molecule has 0 spiro atoms. The van der Waals surface area contributed by atoms with E-state index in [4.69, 9.17) is 4.74 Å². The van der Waals surface area contributed by atoms with Crippen LogP contribution in [0.5, 0.6) is 5.75 Å². The second-order valence-electron chi connectivity index (χ2n) is 6.19. The highest BCUT2D eigenvalue weighted by Crippen LogP contribution is 2.23. The summed E-state index contributed by atoms with van der Waals surface area (Å²) in [6.07, 6.45) is 1.75. The lowest BCUT2D eigenvalue weighted by atomic mass is 10.2. The maximum absolute atomic E-state index is 12.7. The molecule has 6 nitrogen and oxygen atoms in total. The molecule has 3 aromatic rings. The first-order chi connectivity index (χ1) is 13.9. The zero-order valence-electron chi connectivity index (χ0n) is 16.3. The topological polar surface area (TPSA) is 77.7 Å². The SMILES string of the molecule is C=CCn1c(=NC(=O)c2ccc(S(=O)(=O)CC)cc2)sc2cc(OCC)ccc21. The Balaban J connectivity index is 2.03. The average Bonchev–Trinajstić information content (AvgIpc) is 3.05. The van der Waals surface area contributed by atoms with E-state index in [2.05, 4.69) is 11.6 Å². The number of benzene rings is 2. The third kappa shape index (κ3) is 4.49. The van der Waals surface area contributed by atoms with Crippen LogP contribution in [0.15, 0.2) is 65.0 Å². The van der Waals surface area contributed by atoms with Crippen LogP contribution in [0.4, 0.5) is 0 Å². The summed E-state index contributed by atoms with van der Waals surface area (Å²) in [5, 5.41) is 0. The molecule has 0 radical (unpaired) electrons. The number of fused-ring (bicyclic) bond motifs is 1. The maximum Gasteiger partial charge on any atom is 0.279 e. The minimum Gasteiger partial charge on any atom is -0.494 e. The molecule has 2 aromatic carbocycles. The summed E-state index contributed by atoms with van der Waals surface area (Å²) in [6, 6.07) is 11.6. The van der Waals surface area contributed by atoms with Gasteiger partial charge in [0.15, 0.2) is 14.6 Å². The minimum atomic E-state index is -3.31. The predicted octanol–water partition coefficient (Wildman–Crippen LogP) is 3.82. The molecular weight excluding hydrogens is 408 g/mol. The number of hydrogen-bond acceptors (Lipinski definition) is 5. The number of amides is 1. The Kier molecular flexibility index (Phi) is 6.34. The Morgan fingerprint density at radius 1 is 1.21 bits per heavy atom. The van der Waals surface area contributed by atoms with Gasteiger partial charge in [-0.3, -0.25) is 4.79 Å². The van der Waals surface area contributed by atoms with Gasteiger partial charge >= 0.3 is 0 Å². The molecule has 0 aliphatic rings. The third-order valence-corrected chi connectivity index (χ3v) is 7.11. The van der Waals surface area contributed by atoms with Gasteiger partial charge in [0.05, 0.1) is 27.5 Å². The lowest BCUT2D eigenvalue weighted by Gasteiger charge is -2.04. The van der Waals surface area contributed by atoms with Gasteiger partial charge in [0.25, 0.3) is 5.91 Å². The molecule has 0 bridgehead atoms. The fourth-order valence-corrected chi connectivity index (χ4v) is 4.77. The number of allylic oxidation sites excluding steroid dienone is 1. The number of ether oxygens (including phenoxy) is 1. The quantitative estimate of drug-likeness (QED) is 0.534. The van der Waals surface area contributed by atoms with Gasteiger partial charge < -0.3 is 9.30 Å². The summed E-state index contributed by atoms with van der Waals surface area (Å²) in [5.74, 6) is 0.343. The molecule has 152 valence electrons. The van der Waals surface area contributed by atoms with E-state index in [1.807, 2.05) is 29.7 Å². The van der Waals surface area contributed by atoms with E-state index >= 15 is 0 Å². The van der Waals surface area contributed by atoms with Crippen molar-refractivity contribution in [1.29, 1.82) is 0 Å². The van der Waals surface area contributed by atoms with Crippen molar-refractivity contribution >= 4 is 37.3 Å². The average molecular weight is 431 g/mol. The number of sulfone groups is 1. The molecule has 0 fully saturated rings. The number of carbonyl (C=O) groups is 1. The van der Waals surface area contributed by atoms with Gasteiger partial charge in [-0.25, -0.2) is 8.42 Å². The summed E-state index contributed by atoms with van der Waals surface area (Å²) >= 11 is 1.39. The Bertz CT molecular complexity index is 1220. The third-order valence-electron chi connectivity index (χ3n) is 4.31. The van der Waals surface area contributed by atoms with E-state index in [0.29, 0.717) is 23.5 Å². The van der Waals surface area contributed by atoms with E-state index < -0.39 is 15.7 Å². The Hall–Kier alpha value is -2.71. The molecule has 29 heavy (non-hydrogen) atoms. The van der Waals surface area contributed by atoms with Crippen LogP contribution in [0.1, 0.15) is 24.2 Å². The van der Waals surface area contributed by atoms with Gasteiger partial charge in [-0.05, 0) is 49.4 Å². The summed E-state index contributed by atoms with van der Waals surface area (Å²) in [7, 11) is -3.31. The predicted molar refractivity (Wildman–Crippen MR) is 115 cm³/mol. The van der Waals surface area contributed by atoms with Crippen LogP contribution in [0.25, 0.3) is 10.2 Å². The maximum atomic E-state index is 12.7. The molecule has 8 heteroatoms. The largest absolute Gasteiger partial charge is 0.494 e. The summed E-state index contributed by atoms with van der Waals surface area (Å²) < 4.78 is 32.3. The fraction of sp³-hybridized carbons (Fsp3) is 0.238. The Morgan fingerprint density at radius 2 is 1.93 bits per heavy atom. The van der Waals surface area contributed by atoms with E-state index in [9.17, 15) is 13.2 Å². The van der Waals surface area contributed by atoms with Crippen LogP contribution in [-0.4, -0.2) is 31.3 Å². The molecule has 0 saturated heterocycles. The van der Waals surface area contributed by atoms with Crippen LogP contribution in [0, 0.1) is 0 Å². The van der Waals surface area contributed by atoms with Gasteiger partial charge in [0.1, 0.15) is 5.75 Å². The van der Waals surface area contributed by atoms with Gasteiger partial charge in [0, 0.05) is 12.1 Å². The monoisotopic (exact) mass is 430 g/mol. The molecule has 0 unspecified atom stereocenters. The van der Waals surface area contributed by atoms with Gasteiger partial charge in [0.2, 0.25) is 0 Å². The first kappa shape index (κ1) is 21.0. The Labute approximate surface area is 173 Å². The van der Waals surface area contributed by atoms with E-state index in [1.165, 1.54) is 35.6 Å².